The fourth-order valence-electron chi connectivity index (χ4n) is 3.35. The number of nitrogens with zero attached hydrogens (tertiary/aromatic N) is 3. The Balaban J connectivity index is 1.72. The van der Waals surface area contributed by atoms with Gasteiger partial charge in [0.05, 0.1) is 37.5 Å². The van der Waals surface area contributed by atoms with Gasteiger partial charge in [-0.3, -0.25) is 19.7 Å². The minimum atomic E-state index is -0.519. The van der Waals surface area contributed by atoms with E-state index in [0.29, 0.717) is 48.5 Å². The van der Waals surface area contributed by atoms with Gasteiger partial charge < -0.3 is 24.6 Å². The number of halogens is 1. The molecule has 0 unspecified atom stereocenters. The van der Waals surface area contributed by atoms with Crippen molar-refractivity contribution in [2.24, 2.45) is 0 Å². The van der Waals surface area contributed by atoms with Crippen LogP contribution in [0.5, 0.6) is 5.75 Å². The molecule has 1 aliphatic heterocycles. The summed E-state index contributed by atoms with van der Waals surface area (Å²) in [4.78, 5) is 39.4. The van der Waals surface area contributed by atoms with Crippen molar-refractivity contribution in [1.82, 2.24) is 4.90 Å². The Morgan fingerprint density at radius 3 is 2.62 bits per heavy atom. The molecule has 0 atom stereocenters. The third-order valence-electron chi connectivity index (χ3n) is 4.93. The zero-order valence-corrected chi connectivity index (χ0v) is 18.4. The van der Waals surface area contributed by atoms with E-state index in [1.807, 2.05) is 4.90 Å². The first kappa shape index (κ1) is 23.3. The number of nitro groups is 1. The van der Waals surface area contributed by atoms with Crippen molar-refractivity contribution >= 4 is 40.5 Å². The van der Waals surface area contributed by atoms with Gasteiger partial charge >= 0.3 is 0 Å². The number of morpholine rings is 1. The van der Waals surface area contributed by atoms with E-state index in [4.69, 9.17) is 21.1 Å². The molecule has 1 aliphatic rings. The van der Waals surface area contributed by atoms with Gasteiger partial charge in [0.2, 0.25) is 5.91 Å². The summed E-state index contributed by atoms with van der Waals surface area (Å²) in [7, 11) is 2.90. The normalized spacial score (nSPS) is 13.4. The quantitative estimate of drug-likeness (QED) is 0.497. The Bertz CT molecular complexity index is 1030. The molecule has 0 aliphatic carbocycles. The van der Waals surface area contributed by atoms with Crippen LogP contribution in [0, 0.1) is 10.1 Å². The maximum Gasteiger partial charge on any atom is 0.293 e. The fraction of sp³-hybridized carbons (Fsp3) is 0.333. The molecule has 2 amide bonds. The second-order valence-electron chi connectivity index (χ2n) is 7.11. The Morgan fingerprint density at radius 1 is 1.25 bits per heavy atom. The molecule has 32 heavy (non-hydrogen) atoms. The number of anilines is 2. The van der Waals surface area contributed by atoms with Crippen LogP contribution in [0.2, 0.25) is 5.02 Å². The maximum absolute atomic E-state index is 12.8. The van der Waals surface area contributed by atoms with Gasteiger partial charge in [-0.05, 0) is 30.3 Å². The summed E-state index contributed by atoms with van der Waals surface area (Å²) < 4.78 is 10.5. The lowest BCUT2D eigenvalue weighted by Crippen LogP contribution is -2.37. The van der Waals surface area contributed by atoms with E-state index in [1.165, 1.54) is 37.3 Å². The Kier molecular flexibility index (Phi) is 7.49. The molecule has 0 spiro atoms. The summed E-state index contributed by atoms with van der Waals surface area (Å²) in [6.07, 6.45) is 0. The lowest BCUT2D eigenvalue weighted by atomic mass is 10.1. The predicted molar refractivity (Wildman–Crippen MR) is 120 cm³/mol. The first-order valence-corrected chi connectivity index (χ1v) is 10.2. The van der Waals surface area contributed by atoms with E-state index >= 15 is 0 Å². The maximum atomic E-state index is 12.8. The van der Waals surface area contributed by atoms with Gasteiger partial charge in [-0.25, -0.2) is 0 Å². The molecule has 11 heteroatoms. The summed E-state index contributed by atoms with van der Waals surface area (Å²) in [6.45, 7) is 1.75. The summed E-state index contributed by atoms with van der Waals surface area (Å²) in [5.41, 5.74) is 0.753. The molecule has 10 nitrogen and oxygen atoms in total. The molecule has 0 bridgehead atoms. The predicted octanol–water partition coefficient (Wildman–Crippen LogP) is 2.80. The Hall–Kier alpha value is -3.37. The van der Waals surface area contributed by atoms with E-state index in [9.17, 15) is 19.7 Å². The number of amides is 2. The van der Waals surface area contributed by atoms with Crippen LogP contribution in [0.3, 0.4) is 0 Å². The van der Waals surface area contributed by atoms with Crippen molar-refractivity contribution in [3.05, 3.63) is 57.1 Å². The lowest BCUT2D eigenvalue weighted by Gasteiger charge is -2.28. The van der Waals surface area contributed by atoms with Crippen LogP contribution in [0.15, 0.2) is 36.4 Å². The van der Waals surface area contributed by atoms with E-state index in [2.05, 4.69) is 5.32 Å². The van der Waals surface area contributed by atoms with Gasteiger partial charge in [0, 0.05) is 36.8 Å². The molecule has 1 heterocycles. The van der Waals surface area contributed by atoms with Crippen LogP contribution in [0.1, 0.15) is 10.4 Å². The number of nitro benzene ring substituents is 1. The van der Waals surface area contributed by atoms with Crippen molar-refractivity contribution < 1.29 is 24.0 Å². The molecule has 1 N–H and O–H groups in total. The summed E-state index contributed by atoms with van der Waals surface area (Å²) in [6, 6.07) is 9.09. The molecular weight excluding hydrogens is 440 g/mol. The second-order valence-corrected chi connectivity index (χ2v) is 7.55. The lowest BCUT2D eigenvalue weighted by molar-refractivity contribution is -0.384. The zero-order valence-electron chi connectivity index (χ0n) is 17.7. The first-order chi connectivity index (χ1) is 15.3. The molecule has 2 aromatic carbocycles. The fourth-order valence-corrected chi connectivity index (χ4v) is 3.52. The molecule has 2 aromatic rings. The number of carbonyl (C=O) groups is 2. The molecule has 170 valence electrons. The summed E-state index contributed by atoms with van der Waals surface area (Å²) >= 11 is 5.97. The van der Waals surface area contributed by atoms with Crippen molar-refractivity contribution in [2.45, 2.75) is 0 Å². The highest BCUT2D eigenvalue weighted by Crippen LogP contribution is 2.30. The number of rotatable bonds is 7. The highest BCUT2D eigenvalue weighted by atomic mass is 35.5. The number of benzene rings is 2. The smallest absolute Gasteiger partial charge is 0.293 e. The Morgan fingerprint density at radius 2 is 1.97 bits per heavy atom. The highest BCUT2D eigenvalue weighted by Gasteiger charge is 2.25. The SMILES string of the molecule is COc1ccc(Cl)cc1NC(=O)CN(C)C(=O)c1ccc(N2CCOCC2)c([N+](=O)[O-])c1. The van der Waals surface area contributed by atoms with Crippen molar-refractivity contribution in [2.75, 3.05) is 57.2 Å². The number of methoxy groups -OCH3 is 1. The van der Waals surface area contributed by atoms with Crippen LogP contribution in [0.25, 0.3) is 0 Å². The van der Waals surface area contributed by atoms with Gasteiger partial charge in [0.25, 0.3) is 11.6 Å². The third-order valence-corrected chi connectivity index (χ3v) is 5.17. The number of ether oxygens (including phenoxy) is 2. The molecule has 1 fully saturated rings. The van der Waals surface area contributed by atoms with Crippen molar-refractivity contribution in [3.63, 3.8) is 0 Å². The second kappa shape index (κ2) is 10.3. The minimum absolute atomic E-state index is 0.115. The van der Waals surface area contributed by atoms with Gasteiger partial charge in [-0.1, -0.05) is 11.6 Å². The van der Waals surface area contributed by atoms with E-state index in [0.717, 1.165) is 0 Å². The van der Waals surface area contributed by atoms with Crippen molar-refractivity contribution in [3.8, 4) is 5.75 Å². The largest absolute Gasteiger partial charge is 0.495 e. The number of hydrogen-bond donors (Lipinski definition) is 1. The standard InChI is InChI=1S/C21H23ClN4O6/c1-24(13-20(27)23-16-12-15(22)4-6-19(16)31-2)21(28)14-3-5-17(18(11-14)26(29)30)25-7-9-32-10-8-25/h3-6,11-12H,7-10,13H2,1-2H3,(H,23,27). The molecule has 0 radical (unpaired) electrons. The van der Waals surface area contributed by atoms with E-state index < -0.39 is 16.7 Å². The summed E-state index contributed by atoms with van der Waals surface area (Å²) in [5, 5.41) is 14.7. The molecule has 3 rings (SSSR count). The van der Waals surface area contributed by atoms with E-state index in [1.54, 1.807) is 18.2 Å². The minimum Gasteiger partial charge on any atom is -0.495 e. The van der Waals surface area contributed by atoms with Gasteiger partial charge in [0.1, 0.15) is 11.4 Å². The molecule has 1 saturated heterocycles. The third kappa shape index (κ3) is 5.45. The number of likely N-dealkylation sites (N-methyl/N-ethyl adjacent to an activating group) is 1. The average Bonchev–Trinajstić information content (AvgIpc) is 2.78. The first-order valence-electron chi connectivity index (χ1n) is 9.80. The van der Waals surface area contributed by atoms with Crippen LogP contribution < -0.4 is 15.0 Å². The average molecular weight is 463 g/mol. The summed E-state index contributed by atoms with van der Waals surface area (Å²) in [5.74, 6) is -0.568. The highest BCUT2D eigenvalue weighted by molar-refractivity contribution is 6.31. The van der Waals surface area contributed by atoms with Crippen LogP contribution in [0.4, 0.5) is 17.1 Å². The topological polar surface area (TPSA) is 114 Å². The zero-order chi connectivity index (χ0) is 23.3. The number of carbonyl (C=O) groups excluding carboxylic acids is 2. The molecule has 0 aromatic heterocycles. The van der Waals surface area contributed by atoms with E-state index in [-0.39, 0.29) is 17.8 Å². The van der Waals surface area contributed by atoms with Crippen LogP contribution >= 0.6 is 11.6 Å². The van der Waals surface area contributed by atoms with Crippen LogP contribution in [-0.4, -0.2) is 68.6 Å². The number of nitrogens with one attached hydrogen (secondary N) is 1. The van der Waals surface area contributed by atoms with Crippen LogP contribution in [-0.2, 0) is 9.53 Å². The Labute approximate surface area is 189 Å². The van der Waals surface area contributed by atoms with Gasteiger partial charge in [-0.2, -0.15) is 0 Å². The molecule has 0 saturated carbocycles. The van der Waals surface area contributed by atoms with Crippen molar-refractivity contribution in [1.29, 1.82) is 0 Å². The van der Waals surface area contributed by atoms with Gasteiger partial charge in [0.15, 0.2) is 0 Å². The van der Waals surface area contributed by atoms with Gasteiger partial charge in [-0.15, -0.1) is 0 Å². The molecular formula is C21H23ClN4O6. The number of hydrogen-bond acceptors (Lipinski definition) is 7. The monoisotopic (exact) mass is 462 g/mol.